The number of azo groups is 1. The van der Waals surface area contributed by atoms with Crippen molar-refractivity contribution in [2.75, 3.05) is 12.4 Å². The summed E-state index contributed by atoms with van der Waals surface area (Å²) in [7, 11) is -13.2. The standard InChI is InChI=1S/C21H17N3O13S4/c1-22-15-9-11(39(27,28)29)7-10-8-16(38-37-36-26)19(20(25)18(10)15)24-23-14-6-5-12-13(21(14)41(33,34)35)3-2-4-17(12)40(30,31)32/h2-9,22,25-26H,1H3,(H,27,28,29)(H,30,31,32)(H,33,34,35). The molecule has 0 unspecified atom stereocenters. The first-order chi connectivity index (χ1) is 19.1. The van der Waals surface area contributed by atoms with E-state index in [1.807, 2.05) is 0 Å². The largest absolute Gasteiger partial charge is 0.505 e. The van der Waals surface area contributed by atoms with Crippen LogP contribution in [-0.4, -0.2) is 56.3 Å². The normalized spacial score (nSPS) is 12.9. The molecular weight excluding hydrogens is 631 g/mol. The number of aromatic hydroxyl groups is 1. The Morgan fingerprint density at radius 2 is 1.56 bits per heavy atom. The number of nitrogens with one attached hydrogen (secondary N) is 1. The smallest absolute Gasteiger partial charge is 0.297 e. The molecule has 0 aliphatic heterocycles. The van der Waals surface area contributed by atoms with Crippen molar-refractivity contribution in [2.24, 2.45) is 10.2 Å². The molecule has 218 valence electrons. The van der Waals surface area contributed by atoms with E-state index in [1.165, 1.54) is 13.1 Å². The predicted octanol–water partition coefficient (Wildman–Crippen LogP) is 4.32. The van der Waals surface area contributed by atoms with Gasteiger partial charge >= 0.3 is 0 Å². The summed E-state index contributed by atoms with van der Waals surface area (Å²) in [6, 6.07) is 8.63. The van der Waals surface area contributed by atoms with E-state index in [-0.39, 0.29) is 44.2 Å². The van der Waals surface area contributed by atoms with Crippen LogP contribution in [0.2, 0.25) is 0 Å². The van der Waals surface area contributed by atoms with E-state index in [0.29, 0.717) is 0 Å². The summed E-state index contributed by atoms with van der Waals surface area (Å²) in [6.45, 7) is 0. The highest BCUT2D eigenvalue weighted by atomic mass is 32.2. The number of benzene rings is 4. The number of rotatable bonds is 9. The third kappa shape index (κ3) is 6.11. The molecule has 0 fully saturated rings. The molecule has 0 aliphatic rings. The second-order valence-electron chi connectivity index (χ2n) is 8.01. The van der Waals surface area contributed by atoms with E-state index in [4.69, 9.17) is 5.26 Å². The Kier molecular flexibility index (Phi) is 8.26. The number of hydrogen-bond acceptors (Lipinski definition) is 14. The van der Waals surface area contributed by atoms with Gasteiger partial charge in [-0.05, 0) is 35.7 Å². The molecule has 0 atom stereocenters. The van der Waals surface area contributed by atoms with E-state index in [2.05, 4.69) is 24.9 Å². The molecule has 16 nitrogen and oxygen atoms in total. The van der Waals surface area contributed by atoms with Gasteiger partial charge in [-0.3, -0.25) is 13.7 Å². The number of phenols is 1. The zero-order chi connectivity index (χ0) is 30.3. The summed E-state index contributed by atoms with van der Waals surface area (Å²) in [5.74, 6) is -0.649. The Hall–Kier alpha value is -3.44. The van der Waals surface area contributed by atoms with Crippen molar-refractivity contribution in [3.8, 4) is 5.75 Å². The van der Waals surface area contributed by atoms with E-state index < -0.39 is 62.2 Å². The summed E-state index contributed by atoms with van der Waals surface area (Å²) < 4.78 is 105. The highest BCUT2D eigenvalue weighted by molar-refractivity contribution is 7.94. The maximum Gasteiger partial charge on any atom is 0.297 e. The zero-order valence-electron chi connectivity index (χ0n) is 20.1. The molecule has 0 bridgehead atoms. The lowest BCUT2D eigenvalue weighted by molar-refractivity contribution is -0.432. The summed E-state index contributed by atoms with van der Waals surface area (Å²) in [6.07, 6.45) is 0. The first-order valence-electron chi connectivity index (χ1n) is 10.6. The van der Waals surface area contributed by atoms with Gasteiger partial charge in [0.25, 0.3) is 30.4 Å². The second kappa shape index (κ2) is 11.1. The Labute approximate surface area is 235 Å². The molecule has 4 aromatic rings. The molecule has 6 N–H and O–H groups in total. The second-order valence-corrected chi connectivity index (χ2v) is 12.9. The molecule has 4 rings (SSSR count). The SMILES string of the molecule is CNc1cc(S(=O)(=O)O)cc2cc(SOOO)c(N=Nc3ccc4c(S(=O)(=O)O)cccc4c3S(=O)(=O)O)c(O)c12. The van der Waals surface area contributed by atoms with Gasteiger partial charge in [-0.2, -0.15) is 25.3 Å². The number of hydrogen-bond donors (Lipinski definition) is 6. The fourth-order valence-corrected chi connectivity index (χ4v) is 6.56. The number of fused-ring (bicyclic) bond motifs is 2. The Balaban J connectivity index is 2.02. The van der Waals surface area contributed by atoms with Crippen LogP contribution in [0.5, 0.6) is 5.75 Å². The van der Waals surface area contributed by atoms with E-state index in [0.717, 1.165) is 42.5 Å². The fourth-order valence-electron chi connectivity index (χ4n) is 3.99. The van der Waals surface area contributed by atoms with Gasteiger partial charge in [-0.15, -0.1) is 14.6 Å². The number of phenolic OH excluding ortho intramolecular Hbond substituents is 1. The van der Waals surface area contributed by atoms with Gasteiger partial charge in [0.2, 0.25) is 0 Å². The third-order valence-electron chi connectivity index (χ3n) is 5.59. The van der Waals surface area contributed by atoms with Gasteiger partial charge in [0, 0.05) is 28.9 Å². The van der Waals surface area contributed by atoms with Crippen molar-refractivity contribution in [3.63, 3.8) is 0 Å². The lowest BCUT2D eigenvalue weighted by Crippen LogP contribution is -2.03. The van der Waals surface area contributed by atoms with Crippen LogP contribution in [0.1, 0.15) is 0 Å². The van der Waals surface area contributed by atoms with Crippen LogP contribution >= 0.6 is 12.0 Å². The number of anilines is 1. The Bertz CT molecular complexity index is 2060. The minimum Gasteiger partial charge on any atom is -0.505 e. The lowest BCUT2D eigenvalue weighted by atomic mass is 10.1. The van der Waals surface area contributed by atoms with E-state index in [9.17, 15) is 44.0 Å². The topological polar surface area (TPSA) is 259 Å². The molecule has 0 saturated heterocycles. The van der Waals surface area contributed by atoms with E-state index in [1.54, 1.807) is 0 Å². The highest BCUT2D eigenvalue weighted by Crippen LogP contribution is 2.47. The highest BCUT2D eigenvalue weighted by Gasteiger charge is 2.25. The van der Waals surface area contributed by atoms with Gasteiger partial charge in [-0.25, -0.2) is 5.26 Å². The molecule has 0 aromatic heterocycles. The quantitative estimate of drug-likeness (QED) is 0.0486. The van der Waals surface area contributed by atoms with Crippen molar-refractivity contribution in [1.29, 1.82) is 0 Å². The first-order valence-corrected chi connectivity index (χ1v) is 15.7. The van der Waals surface area contributed by atoms with Crippen LogP contribution in [0.25, 0.3) is 21.5 Å². The first kappa shape index (κ1) is 30.5. The average Bonchev–Trinajstić information content (AvgIpc) is 2.88. The summed E-state index contributed by atoms with van der Waals surface area (Å²) in [5, 5.41) is 33.1. The van der Waals surface area contributed by atoms with Crippen LogP contribution < -0.4 is 5.32 Å². The molecule has 4 aromatic carbocycles. The van der Waals surface area contributed by atoms with Crippen molar-refractivity contribution in [2.45, 2.75) is 19.6 Å². The minimum absolute atomic E-state index is 0.0158. The van der Waals surface area contributed by atoms with Crippen molar-refractivity contribution < 1.29 is 58.6 Å². The molecular formula is C21H17N3O13S4. The zero-order valence-corrected chi connectivity index (χ0v) is 23.4. The molecule has 0 radical (unpaired) electrons. The van der Waals surface area contributed by atoms with Gasteiger partial charge in [0.1, 0.15) is 21.2 Å². The lowest BCUT2D eigenvalue weighted by Gasteiger charge is -2.14. The molecule has 0 saturated carbocycles. The van der Waals surface area contributed by atoms with Gasteiger partial charge in [0.15, 0.2) is 5.75 Å². The molecule has 0 spiro atoms. The Morgan fingerprint density at radius 1 is 0.854 bits per heavy atom. The average molecular weight is 648 g/mol. The number of nitrogens with zero attached hydrogens (tertiary/aromatic N) is 2. The maximum absolute atomic E-state index is 12.3. The summed E-state index contributed by atoms with van der Waals surface area (Å²) in [5.41, 5.74) is -0.913. The van der Waals surface area contributed by atoms with Gasteiger partial charge < -0.3 is 10.4 Å². The maximum atomic E-state index is 12.3. The van der Waals surface area contributed by atoms with Gasteiger partial charge in [-0.1, -0.05) is 23.2 Å². The van der Waals surface area contributed by atoms with Gasteiger partial charge in [0.05, 0.1) is 21.8 Å². The summed E-state index contributed by atoms with van der Waals surface area (Å²) in [4.78, 5) is -2.21. The molecule has 20 heteroatoms. The minimum atomic E-state index is -5.09. The Morgan fingerprint density at radius 3 is 2.15 bits per heavy atom. The predicted molar refractivity (Wildman–Crippen MR) is 143 cm³/mol. The van der Waals surface area contributed by atoms with Crippen LogP contribution in [0, 0.1) is 0 Å². The fraction of sp³-hybridized carbons (Fsp3) is 0.0476. The van der Waals surface area contributed by atoms with Crippen molar-refractivity contribution >= 4 is 81.0 Å². The monoisotopic (exact) mass is 647 g/mol. The van der Waals surface area contributed by atoms with Crippen LogP contribution in [-0.2, 0) is 39.7 Å². The van der Waals surface area contributed by atoms with E-state index >= 15 is 0 Å². The van der Waals surface area contributed by atoms with Crippen molar-refractivity contribution in [3.05, 3.63) is 48.5 Å². The molecule has 0 amide bonds. The summed E-state index contributed by atoms with van der Waals surface area (Å²) >= 11 is 0.275. The van der Waals surface area contributed by atoms with Crippen LogP contribution in [0.3, 0.4) is 0 Å². The molecule has 0 aliphatic carbocycles. The van der Waals surface area contributed by atoms with Crippen LogP contribution in [0.4, 0.5) is 17.1 Å². The van der Waals surface area contributed by atoms with Crippen LogP contribution in [0.15, 0.2) is 78.3 Å². The molecule has 41 heavy (non-hydrogen) atoms. The molecule has 0 heterocycles. The third-order valence-corrected chi connectivity index (χ3v) is 8.90. The van der Waals surface area contributed by atoms with Crippen molar-refractivity contribution in [1.82, 2.24) is 0 Å².